The fraction of sp³-hybridized carbons (Fsp3) is 0.208. The molecule has 3 aromatic carbocycles. The lowest BCUT2D eigenvalue weighted by atomic mass is 9.96. The van der Waals surface area contributed by atoms with Crippen molar-refractivity contribution in [2.75, 3.05) is 14.2 Å². The second-order valence-electron chi connectivity index (χ2n) is 7.28. The number of hydrazone groups is 1. The maximum absolute atomic E-state index is 6.37. The summed E-state index contributed by atoms with van der Waals surface area (Å²) in [6, 6.07) is 21.9. The Morgan fingerprint density at radius 3 is 2.60 bits per heavy atom. The highest BCUT2D eigenvalue weighted by Crippen LogP contribution is 2.47. The third-order valence-electron chi connectivity index (χ3n) is 5.55. The molecule has 0 radical (unpaired) electrons. The predicted molar refractivity (Wildman–Crippen MR) is 117 cm³/mol. The van der Waals surface area contributed by atoms with Crippen LogP contribution in [0.15, 0.2) is 71.8 Å². The van der Waals surface area contributed by atoms with Crippen molar-refractivity contribution in [2.24, 2.45) is 5.10 Å². The monoisotopic (exact) mass is 420 g/mol. The van der Waals surface area contributed by atoms with Gasteiger partial charge in [0.05, 0.1) is 26.0 Å². The van der Waals surface area contributed by atoms with Gasteiger partial charge in [-0.2, -0.15) is 5.10 Å². The van der Waals surface area contributed by atoms with Crippen LogP contribution in [0.2, 0.25) is 5.02 Å². The van der Waals surface area contributed by atoms with Gasteiger partial charge in [-0.25, -0.2) is 5.01 Å². The zero-order valence-corrected chi connectivity index (χ0v) is 17.5. The number of rotatable bonds is 4. The molecule has 2 aliphatic rings. The number of hydrogen-bond donors (Lipinski definition) is 0. The van der Waals surface area contributed by atoms with E-state index in [-0.39, 0.29) is 12.3 Å². The fourth-order valence-electron chi connectivity index (χ4n) is 4.10. The Balaban J connectivity index is 1.58. The topological polar surface area (TPSA) is 43.3 Å². The van der Waals surface area contributed by atoms with Crippen LogP contribution in [0.5, 0.6) is 17.2 Å². The first-order valence-corrected chi connectivity index (χ1v) is 10.1. The Morgan fingerprint density at radius 2 is 1.80 bits per heavy atom. The van der Waals surface area contributed by atoms with Crippen LogP contribution in [0.3, 0.4) is 0 Å². The second kappa shape index (κ2) is 7.58. The smallest absolute Gasteiger partial charge is 0.213 e. The summed E-state index contributed by atoms with van der Waals surface area (Å²) in [5, 5.41) is 7.70. The summed E-state index contributed by atoms with van der Waals surface area (Å²) in [5.41, 5.74) is 4.09. The molecule has 0 spiro atoms. The molecular weight excluding hydrogens is 400 g/mol. The van der Waals surface area contributed by atoms with Crippen LogP contribution < -0.4 is 14.2 Å². The predicted octanol–water partition coefficient (Wildman–Crippen LogP) is 5.60. The molecule has 0 aliphatic carbocycles. The van der Waals surface area contributed by atoms with E-state index in [9.17, 15) is 0 Å². The van der Waals surface area contributed by atoms with E-state index in [2.05, 4.69) is 6.07 Å². The molecule has 5 rings (SSSR count). The molecule has 2 heterocycles. The first kappa shape index (κ1) is 18.8. The molecule has 3 aromatic rings. The Morgan fingerprint density at radius 1 is 0.967 bits per heavy atom. The quantitative estimate of drug-likeness (QED) is 0.551. The molecular formula is C24H21ClN2O3. The van der Waals surface area contributed by atoms with Gasteiger partial charge in [0.2, 0.25) is 6.23 Å². The maximum Gasteiger partial charge on any atom is 0.213 e. The summed E-state index contributed by atoms with van der Waals surface area (Å²) in [6.07, 6.45) is 0.425. The Bertz CT molecular complexity index is 1130. The molecule has 0 saturated carbocycles. The second-order valence-corrected chi connectivity index (χ2v) is 7.72. The minimum absolute atomic E-state index is 0.0852. The normalized spacial score (nSPS) is 19.4. The highest BCUT2D eigenvalue weighted by atomic mass is 35.5. The van der Waals surface area contributed by atoms with Crippen LogP contribution in [-0.2, 0) is 0 Å². The Hall–Kier alpha value is -3.18. The third-order valence-corrected chi connectivity index (χ3v) is 5.78. The summed E-state index contributed by atoms with van der Waals surface area (Å²) >= 11 is 6.26. The standard InChI is InChI=1S/C24H21ClN2O3/c1-28-22-11-10-15(13-23(22)29-2)19-14-20-18-8-3-4-9-21(18)30-24(27(20)26-19)16-6-5-7-17(25)12-16/h3-13,20,24H,14H2,1-2H3/t20-,24+/m1/s1. The van der Waals surface area contributed by atoms with Crippen molar-refractivity contribution in [1.29, 1.82) is 0 Å². The van der Waals surface area contributed by atoms with Gasteiger partial charge in [-0.05, 0) is 36.4 Å². The van der Waals surface area contributed by atoms with Crippen molar-refractivity contribution in [1.82, 2.24) is 5.01 Å². The number of methoxy groups -OCH3 is 2. The summed E-state index contributed by atoms with van der Waals surface area (Å²) in [4.78, 5) is 0. The van der Waals surface area contributed by atoms with Gasteiger partial charge in [-0.1, -0.05) is 41.9 Å². The average molecular weight is 421 g/mol. The number of halogens is 1. The van der Waals surface area contributed by atoms with Crippen molar-refractivity contribution in [3.05, 3.63) is 88.4 Å². The first-order chi connectivity index (χ1) is 14.7. The molecule has 0 aromatic heterocycles. The minimum atomic E-state index is -0.346. The number of benzene rings is 3. The van der Waals surface area contributed by atoms with Gasteiger partial charge in [-0.15, -0.1) is 0 Å². The number of hydrogen-bond acceptors (Lipinski definition) is 5. The molecule has 0 saturated heterocycles. The highest BCUT2D eigenvalue weighted by molar-refractivity contribution is 6.30. The van der Waals surface area contributed by atoms with Crippen LogP contribution in [0.4, 0.5) is 0 Å². The van der Waals surface area contributed by atoms with Gasteiger partial charge in [0.1, 0.15) is 5.75 Å². The summed E-state index contributed by atoms with van der Waals surface area (Å²) in [5.74, 6) is 2.26. The molecule has 0 bridgehead atoms. The van der Waals surface area contributed by atoms with Crippen molar-refractivity contribution < 1.29 is 14.2 Å². The van der Waals surface area contributed by atoms with E-state index in [0.29, 0.717) is 16.5 Å². The molecule has 2 aliphatic heterocycles. The fourth-order valence-corrected chi connectivity index (χ4v) is 4.30. The van der Waals surface area contributed by atoms with E-state index in [1.807, 2.05) is 65.7 Å². The molecule has 6 heteroatoms. The van der Waals surface area contributed by atoms with E-state index in [4.69, 9.17) is 30.9 Å². The van der Waals surface area contributed by atoms with Crippen LogP contribution in [0, 0.1) is 0 Å². The number of fused-ring (bicyclic) bond motifs is 3. The van der Waals surface area contributed by atoms with E-state index < -0.39 is 0 Å². The van der Waals surface area contributed by atoms with E-state index >= 15 is 0 Å². The van der Waals surface area contributed by atoms with Gasteiger partial charge in [-0.3, -0.25) is 0 Å². The Labute approximate surface area is 180 Å². The number of nitrogens with zero attached hydrogens (tertiary/aromatic N) is 2. The molecule has 30 heavy (non-hydrogen) atoms. The molecule has 0 unspecified atom stereocenters. The lowest BCUT2D eigenvalue weighted by molar-refractivity contribution is -0.0190. The summed E-state index contributed by atoms with van der Waals surface area (Å²) in [6.45, 7) is 0. The average Bonchev–Trinajstić information content (AvgIpc) is 3.24. The molecule has 2 atom stereocenters. The molecule has 0 fully saturated rings. The van der Waals surface area contributed by atoms with Crippen LogP contribution in [0.25, 0.3) is 0 Å². The van der Waals surface area contributed by atoms with Gasteiger partial charge >= 0.3 is 0 Å². The van der Waals surface area contributed by atoms with E-state index in [1.54, 1.807) is 14.2 Å². The molecule has 152 valence electrons. The van der Waals surface area contributed by atoms with Crippen LogP contribution >= 0.6 is 11.6 Å². The lowest BCUT2D eigenvalue weighted by Gasteiger charge is -2.38. The molecule has 0 amide bonds. The van der Waals surface area contributed by atoms with Gasteiger partial charge in [0.25, 0.3) is 0 Å². The van der Waals surface area contributed by atoms with Gasteiger partial charge in [0, 0.05) is 28.1 Å². The zero-order chi connectivity index (χ0) is 20.7. The third kappa shape index (κ3) is 3.15. The summed E-state index contributed by atoms with van der Waals surface area (Å²) < 4.78 is 17.2. The first-order valence-electron chi connectivity index (χ1n) is 9.77. The SMILES string of the molecule is COc1ccc(C2=NN3[C@H](C2)c2ccccc2O[C@H]3c2cccc(Cl)c2)cc1OC. The van der Waals surface area contributed by atoms with Crippen LogP contribution in [-0.4, -0.2) is 24.9 Å². The largest absolute Gasteiger partial charge is 0.493 e. The minimum Gasteiger partial charge on any atom is -0.493 e. The van der Waals surface area contributed by atoms with Crippen molar-refractivity contribution >= 4 is 17.3 Å². The highest BCUT2D eigenvalue weighted by Gasteiger charge is 2.41. The lowest BCUT2D eigenvalue weighted by Crippen LogP contribution is -2.33. The number of ether oxygens (including phenoxy) is 3. The summed E-state index contributed by atoms with van der Waals surface area (Å²) in [7, 11) is 3.27. The van der Waals surface area contributed by atoms with Crippen molar-refractivity contribution in [2.45, 2.75) is 18.7 Å². The molecule has 5 nitrogen and oxygen atoms in total. The van der Waals surface area contributed by atoms with Crippen LogP contribution in [0.1, 0.15) is 35.4 Å². The maximum atomic E-state index is 6.37. The molecule has 0 N–H and O–H groups in total. The van der Waals surface area contributed by atoms with Gasteiger partial charge in [0.15, 0.2) is 11.5 Å². The van der Waals surface area contributed by atoms with Gasteiger partial charge < -0.3 is 14.2 Å². The number of para-hydroxylation sites is 1. The zero-order valence-electron chi connectivity index (χ0n) is 16.7. The van der Waals surface area contributed by atoms with Crippen molar-refractivity contribution in [3.63, 3.8) is 0 Å². The van der Waals surface area contributed by atoms with E-state index in [0.717, 1.165) is 34.6 Å². The van der Waals surface area contributed by atoms with E-state index in [1.165, 1.54) is 0 Å². The Kier molecular flexibility index (Phi) is 4.75. The van der Waals surface area contributed by atoms with Crippen molar-refractivity contribution in [3.8, 4) is 17.2 Å².